The Kier molecular flexibility index (Phi) is 7.21. The van der Waals surface area contributed by atoms with Crippen LogP contribution in [0.25, 0.3) is 90.0 Å². The lowest BCUT2D eigenvalue weighted by Crippen LogP contribution is -2.02. The van der Waals surface area contributed by atoms with Crippen LogP contribution in [0.4, 0.5) is 4.39 Å². The topological polar surface area (TPSA) is 77.6 Å². The molecular weight excluding hydrogens is 622 g/mol. The molecule has 0 atom stereocenters. The molecule has 0 aliphatic rings. The molecule has 0 aliphatic carbocycles. The van der Waals surface area contributed by atoms with Crippen LogP contribution in [0.1, 0.15) is 0 Å². The maximum Gasteiger partial charge on any atom is 0.167 e. The highest BCUT2D eigenvalue weighted by Gasteiger charge is 2.20. The van der Waals surface area contributed by atoms with Crippen LogP contribution in [0.2, 0.25) is 0 Å². The number of aromatic nitrogens is 5. The van der Waals surface area contributed by atoms with Crippen LogP contribution in [0.3, 0.4) is 0 Å². The smallest absolute Gasteiger partial charge is 0.167 e. The zero-order valence-corrected chi connectivity index (χ0v) is 26.5. The van der Waals surface area contributed by atoms with Gasteiger partial charge in [0.05, 0.1) is 22.5 Å². The second kappa shape index (κ2) is 12.3. The summed E-state index contributed by atoms with van der Waals surface area (Å²) in [5.41, 5.74) is 7.11. The molecule has 9 rings (SSSR count). The molecule has 6 nitrogen and oxygen atoms in total. The van der Waals surface area contributed by atoms with E-state index in [1.165, 1.54) is 6.07 Å². The van der Waals surface area contributed by atoms with Gasteiger partial charge < -0.3 is 4.42 Å². The Hall–Kier alpha value is -6.86. The minimum Gasteiger partial charge on any atom is -0.455 e. The van der Waals surface area contributed by atoms with Crippen molar-refractivity contribution in [2.45, 2.75) is 0 Å². The molecule has 3 heterocycles. The number of halogens is 1. The fraction of sp³-hybridized carbons (Fsp3) is 0. The summed E-state index contributed by atoms with van der Waals surface area (Å²) in [6, 6.07) is 50.1. The number of para-hydroxylation sites is 2. The standard InChI is InChI=1S/C43H26FN5O/c44-35-24-23-30(41-45-36(27-13-4-1-5-14-27)26-37(46-41)28-15-6-2-7-16-28)25-34(35)43-48-40(29-17-8-3-9-18-29)47-42(49-43)33-21-12-20-32-31-19-10-11-22-38(31)50-39(32)33/h1-26H. The molecular formula is C43H26FN5O. The van der Waals surface area contributed by atoms with Gasteiger partial charge in [0.15, 0.2) is 23.3 Å². The molecule has 0 spiro atoms. The van der Waals surface area contributed by atoms with Gasteiger partial charge in [-0.15, -0.1) is 0 Å². The molecule has 0 saturated carbocycles. The van der Waals surface area contributed by atoms with Crippen molar-refractivity contribution in [2.24, 2.45) is 0 Å². The highest BCUT2D eigenvalue weighted by molar-refractivity contribution is 6.09. The number of hydrogen-bond donors (Lipinski definition) is 0. The van der Waals surface area contributed by atoms with E-state index in [0.717, 1.165) is 44.4 Å². The zero-order valence-electron chi connectivity index (χ0n) is 26.5. The van der Waals surface area contributed by atoms with E-state index >= 15 is 4.39 Å². The third-order valence-electron chi connectivity index (χ3n) is 8.64. The SMILES string of the molecule is Fc1ccc(-c2nc(-c3ccccc3)cc(-c3ccccc3)n2)cc1-c1nc(-c2ccccc2)nc(-c2cccc3c2oc2ccccc23)n1. The molecule has 0 unspecified atom stereocenters. The molecule has 236 valence electrons. The van der Waals surface area contributed by atoms with Crippen molar-refractivity contribution in [1.82, 2.24) is 24.9 Å². The quantitative estimate of drug-likeness (QED) is 0.179. The average molecular weight is 648 g/mol. The lowest BCUT2D eigenvalue weighted by Gasteiger charge is -2.12. The van der Waals surface area contributed by atoms with Gasteiger partial charge in [0.2, 0.25) is 0 Å². The van der Waals surface area contributed by atoms with E-state index in [4.69, 9.17) is 29.3 Å². The van der Waals surface area contributed by atoms with Gasteiger partial charge in [0, 0.05) is 33.0 Å². The van der Waals surface area contributed by atoms with Gasteiger partial charge in [-0.2, -0.15) is 0 Å². The Morgan fingerprint density at radius 1 is 0.380 bits per heavy atom. The van der Waals surface area contributed by atoms with Crippen molar-refractivity contribution in [1.29, 1.82) is 0 Å². The van der Waals surface area contributed by atoms with Gasteiger partial charge >= 0.3 is 0 Å². The minimum atomic E-state index is -0.477. The van der Waals surface area contributed by atoms with Crippen LogP contribution in [0.15, 0.2) is 162 Å². The van der Waals surface area contributed by atoms with E-state index in [2.05, 4.69) is 0 Å². The molecule has 0 radical (unpaired) electrons. The first-order chi connectivity index (χ1) is 24.7. The summed E-state index contributed by atoms with van der Waals surface area (Å²) < 4.78 is 22.3. The molecule has 9 aromatic rings. The summed E-state index contributed by atoms with van der Waals surface area (Å²) in [5.74, 6) is 0.948. The van der Waals surface area contributed by atoms with Crippen molar-refractivity contribution < 1.29 is 8.81 Å². The van der Waals surface area contributed by atoms with E-state index in [1.54, 1.807) is 12.1 Å². The third-order valence-corrected chi connectivity index (χ3v) is 8.64. The molecule has 0 saturated heterocycles. The van der Waals surface area contributed by atoms with Gasteiger partial charge in [-0.3, -0.25) is 0 Å². The number of furan rings is 1. The van der Waals surface area contributed by atoms with Gasteiger partial charge in [-0.25, -0.2) is 29.3 Å². The van der Waals surface area contributed by atoms with Crippen LogP contribution < -0.4 is 0 Å². The Morgan fingerprint density at radius 3 is 1.60 bits per heavy atom. The second-order valence-electron chi connectivity index (χ2n) is 11.8. The summed E-state index contributed by atoms with van der Waals surface area (Å²) in [6.45, 7) is 0. The molecule has 0 N–H and O–H groups in total. The molecule has 6 aromatic carbocycles. The van der Waals surface area contributed by atoms with Crippen LogP contribution in [0.5, 0.6) is 0 Å². The molecule has 0 fully saturated rings. The highest BCUT2D eigenvalue weighted by atomic mass is 19.1. The lowest BCUT2D eigenvalue weighted by atomic mass is 10.0. The first-order valence-corrected chi connectivity index (χ1v) is 16.2. The van der Waals surface area contributed by atoms with Crippen molar-refractivity contribution in [3.8, 4) is 68.1 Å². The van der Waals surface area contributed by atoms with E-state index < -0.39 is 5.82 Å². The third kappa shape index (κ3) is 5.37. The number of hydrogen-bond acceptors (Lipinski definition) is 6. The first-order valence-electron chi connectivity index (χ1n) is 16.2. The predicted molar refractivity (Wildman–Crippen MR) is 195 cm³/mol. The zero-order chi connectivity index (χ0) is 33.4. The first kappa shape index (κ1) is 29.3. The van der Waals surface area contributed by atoms with Crippen LogP contribution in [-0.2, 0) is 0 Å². The Labute approximate surface area is 286 Å². The maximum absolute atomic E-state index is 16.0. The normalized spacial score (nSPS) is 11.3. The molecule has 7 heteroatoms. The predicted octanol–water partition coefficient (Wildman–Crippen LogP) is 10.7. The Morgan fingerprint density at radius 2 is 0.920 bits per heavy atom. The van der Waals surface area contributed by atoms with E-state index in [0.29, 0.717) is 34.2 Å². The lowest BCUT2D eigenvalue weighted by molar-refractivity contribution is 0.630. The van der Waals surface area contributed by atoms with Crippen molar-refractivity contribution >= 4 is 21.9 Å². The average Bonchev–Trinajstić information content (AvgIpc) is 3.58. The molecule has 0 bridgehead atoms. The van der Waals surface area contributed by atoms with Crippen LogP contribution >= 0.6 is 0 Å². The second-order valence-corrected chi connectivity index (χ2v) is 11.8. The fourth-order valence-electron chi connectivity index (χ4n) is 6.18. The van der Waals surface area contributed by atoms with Gasteiger partial charge in [0.1, 0.15) is 17.0 Å². The maximum atomic E-state index is 16.0. The van der Waals surface area contributed by atoms with Gasteiger partial charge in [-0.05, 0) is 36.4 Å². The molecule has 0 amide bonds. The van der Waals surface area contributed by atoms with E-state index in [1.807, 2.05) is 140 Å². The number of benzene rings is 6. The minimum absolute atomic E-state index is 0.184. The number of fused-ring (bicyclic) bond motifs is 3. The van der Waals surface area contributed by atoms with Crippen molar-refractivity contribution in [2.75, 3.05) is 0 Å². The largest absolute Gasteiger partial charge is 0.455 e. The van der Waals surface area contributed by atoms with E-state index in [9.17, 15) is 0 Å². The summed E-state index contributed by atoms with van der Waals surface area (Å²) in [6.07, 6.45) is 0. The van der Waals surface area contributed by atoms with Gasteiger partial charge in [0.25, 0.3) is 0 Å². The summed E-state index contributed by atoms with van der Waals surface area (Å²) in [7, 11) is 0. The summed E-state index contributed by atoms with van der Waals surface area (Å²) in [5, 5.41) is 1.94. The molecule has 0 aliphatic heterocycles. The summed E-state index contributed by atoms with van der Waals surface area (Å²) >= 11 is 0. The highest BCUT2D eigenvalue weighted by Crippen LogP contribution is 2.36. The van der Waals surface area contributed by atoms with E-state index in [-0.39, 0.29) is 11.4 Å². The fourth-order valence-corrected chi connectivity index (χ4v) is 6.18. The summed E-state index contributed by atoms with van der Waals surface area (Å²) in [4.78, 5) is 24.5. The Bertz CT molecular complexity index is 2600. The van der Waals surface area contributed by atoms with Crippen LogP contribution in [0, 0.1) is 5.82 Å². The monoisotopic (exact) mass is 647 g/mol. The molecule has 3 aromatic heterocycles. The number of rotatable bonds is 6. The number of nitrogens with zero attached hydrogens (tertiary/aromatic N) is 5. The molecule has 50 heavy (non-hydrogen) atoms. The van der Waals surface area contributed by atoms with Crippen molar-refractivity contribution in [3.63, 3.8) is 0 Å². The Balaban J connectivity index is 1.24. The van der Waals surface area contributed by atoms with Gasteiger partial charge in [-0.1, -0.05) is 121 Å². The van der Waals surface area contributed by atoms with Crippen molar-refractivity contribution in [3.05, 3.63) is 164 Å². The van der Waals surface area contributed by atoms with Crippen LogP contribution in [-0.4, -0.2) is 24.9 Å².